The minimum Gasteiger partial charge on any atom is -0.356 e. The standard InChI is InChI=1S/C20H16N4O2S/c25-19(11-16-15-6-1-2-7-18(15)26-23-16)21-14-5-3-4-13(10-14)17-12-24-8-9-27-20(24)22-17/h1-7,10,12H,8-9,11H2,(H,21,25). The summed E-state index contributed by atoms with van der Waals surface area (Å²) in [7, 11) is 0. The monoisotopic (exact) mass is 376 g/mol. The van der Waals surface area contributed by atoms with Crippen LogP contribution in [0.4, 0.5) is 5.69 Å². The van der Waals surface area contributed by atoms with Crippen LogP contribution in [0.15, 0.2) is 64.4 Å². The molecule has 2 aromatic carbocycles. The van der Waals surface area contributed by atoms with Crippen molar-refractivity contribution < 1.29 is 9.32 Å². The molecule has 0 unspecified atom stereocenters. The number of carbonyl (C=O) groups excluding carboxylic acids is 1. The number of amides is 1. The number of aryl methyl sites for hydroxylation is 1. The van der Waals surface area contributed by atoms with Crippen molar-refractivity contribution in [3.8, 4) is 11.3 Å². The van der Waals surface area contributed by atoms with Crippen molar-refractivity contribution >= 4 is 34.3 Å². The summed E-state index contributed by atoms with van der Waals surface area (Å²) in [6.07, 6.45) is 2.23. The Kier molecular flexibility index (Phi) is 3.94. The molecule has 0 aliphatic carbocycles. The summed E-state index contributed by atoms with van der Waals surface area (Å²) >= 11 is 1.77. The van der Waals surface area contributed by atoms with Gasteiger partial charge >= 0.3 is 0 Å². The van der Waals surface area contributed by atoms with Crippen LogP contribution in [0.3, 0.4) is 0 Å². The lowest BCUT2D eigenvalue weighted by molar-refractivity contribution is -0.115. The fraction of sp³-hybridized carbons (Fsp3) is 0.150. The SMILES string of the molecule is O=C(Cc1noc2ccccc12)Nc1cccc(-c2cn3c(n2)SCC3)c1. The first-order chi connectivity index (χ1) is 13.3. The maximum atomic E-state index is 12.5. The predicted octanol–water partition coefficient (Wildman–Crippen LogP) is 3.98. The van der Waals surface area contributed by atoms with Gasteiger partial charge in [0.25, 0.3) is 0 Å². The molecule has 0 atom stereocenters. The molecule has 0 radical (unpaired) electrons. The summed E-state index contributed by atoms with van der Waals surface area (Å²) in [6.45, 7) is 0.995. The highest BCUT2D eigenvalue weighted by molar-refractivity contribution is 7.99. The number of para-hydroxylation sites is 1. The van der Waals surface area contributed by atoms with Gasteiger partial charge in [0.05, 0.1) is 12.1 Å². The van der Waals surface area contributed by atoms with Gasteiger partial charge in [-0.3, -0.25) is 4.79 Å². The van der Waals surface area contributed by atoms with Gasteiger partial charge in [-0.15, -0.1) is 0 Å². The molecule has 4 aromatic rings. The summed E-state index contributed by atoms with van der Waals surface area (Å²) in [5, 5.41) is 8.88. The number of rotatable bonds is 4. The number of nitrogens with one attached hydrogen (secondary N) is 1. The second-order valence-corrected chi connectivity index (χ2v) is 7.44. The van der Waals surface area contributed by atoms with Crippen LogP contribution >= 0.6 is 11.8 Å². The molecule has 1 aliphatic heterocycles. The van der Waals surface area contributed by atoms with Crippen molar-refractivity contribution in [1.82, 2.24) is 14.7 Å². The van der Waals surface area contributed by atoms with Crippen LogP contribution < -0.4 is 5.32 Å². The van der Waals surface area contributed by atoms with Crippen LogP contribution in [0, 0.1) is 0 Å². The number of benzene rings is 2. The zero-order valence-corrected chi connectivity index (χ0v) is 15.2. The third-order valence-electron chi connectivity index (χ3n) is 4.53. The Hall–Kier alpha value is -3.06. The second-order valence-electron chi connectivity index (χ2n) is 6.38. The lowest BCUT2D eigenvalue weighted by Gasteiger charge is -2.06. The van der Waals surface area contributed by atoms with Gasteiger partial charge in [-0.2, -0.15) is 0 Å². The van der Waals surface area contributed by atoms with Gasteiger partial charge in [0.15, 0.2) is 10.7 Å². The summed E-state index contributed by atoms with van der Waals surface area (Å²) in [6, 6.07) is 15.3. The van der Waals surface area contributed by atoms with Crippen molar-refractivity contribution in [2.45, 2.75) is 18.1 Å². The van der Waals surface area contributed by atoms with Crippen LogP contribution in [-0.4, -0.2) is 26.4 Å². The lowest BCUT2D eigenvalue weighted by Crippen LogP contribution is -2.14. The fourth-order valence-electron chi connectivity index (χ4n) is 3.23. The molecular formula is C20H16N4O2S. The molecule has 2 aromatic heterocycles. The maximum absolute atomic E-state index is 12.5. The number of imidazole rings is 1. The number of aromatic nitrogens is 3. The molecule has 3 heterocycles. The van der Waals surface area contributed by atoms with E-state index in [0.717, 1.165) is 39.8 Å². The Morgan fingerprint density at radius 2 is 2.15 bits per heavy atom. The number of hydrogen-bond acceptors (Lipinski definition) is 5. The molecule has 7 heteroatoms. The van der Waals surface area contributed by atoms with Crippen LogP contribution in [0.25, 0.3) is 22.2 Å². The smallest absolute Gasteiger partial charge is 0.230 e. The third-order valence-corrected chi connectivity index (χ3v) is 5.50. The zero-order valence-electron chi connectivity index (χ0n) is 14.4. The molecule has 0 saturated carbocycles. The van der Waals surface area contributed by atoms with E-state index in [-0.39, 0.29) is 12.3 Å². The molecule has 134 valence electrons. The van der Waals surface area contributed by atoms with E-state index in [1.54, 1.807) is 11.8 Å². The number of fused-ring (bicyclic) bond motifs is 2. The Balaban J connectivity index is 1.33. The first-order valence-electron chi connectivity index (χ1n) is 8.70. The summed E-state index contributed by atoms with van der Waals surface area (Å²) in [5.41, 5.74) is 3.99. The number of carbonyl (C=O) groups is 1. The third kappa shape index (κ3) is 3.10. The zero-order chi connectivity index (χ0) is 18.2. The van der Waals surface area contributed by atoms with Gasteiger partial charge in [0.1, 0.15) is 5.69 Å². The quantitative estimate of drug-likeness (QED) is 0.583. The van der Waals surface area contributed by atoms with E-state index in [0.29, 0.717) is 11.3 Å². The van der Waals surface area contributed by atoms with E-state index in [2.05, 4.69) is 26.2 Å². The molecule has 1 amide bonds. The van der Waals surface area contributed by atoms with E-state index in [1.807, 2.05) is 48.5 Å². The van der Waals surface area contributed by atoms with Crippen molar-refractivity contribution in [3.05, 3.63) is 60.4 Å². The summed E-state index contributed by atoms with van der Waals surface area (Å²) < 4.78 is 7.43. The van der Waals surface area contributed by atoms with E-state index in [1.165, 1.54) is 0 Å². The minimum atomic E-state index is -0.130. The summed E-state index contributed by atoms with van der Waals surface area (Å²) in [5.74, 6) is 0.948. The van der Waals surface area contributed by atoms with Gasteiger partial charge in [0, 0.05) is 35.1 Å². The average Bonchev–Trinajstić information content (AvgIpc) is 3.37. The molecule has 0 spiro atoms. The molecular weight excluding hydrogens is 360 g/mol. The average molecular weight is 376 g/mol. The Morgan fingerprint density at radius 3 is 3.07 bits per heavy atom. The highest BCUT2D eigenvalue weighted by Crippen LogP contribution is 2.30. The molecule has 5 rings (SSSR count). The summed E-state index contributed by atoms with van der Waals surface area (Å²) in [4.78, 5) is 17.1. The van der Waals surface area contributed by atoms with Crippen LogP contribution in [0.5, 0.6) is 0 Å². The number of nitrogens with zero attached hydrogens (tertiary/aromatic N) is 3. The van der Waals surface area contributed by atoms with E-state index >= 15 is 0 Å². The van der Waals surface area contributed by atoms with Gasteiger partial charge < -0.3 is 14.4 Å². The Labute approximate surface area is 159 Å². The fourth-order valence-corrected chi connectivity index (χ4v) is 4.17. The molecule has 27 heavy (non-hydrogen) atoms. The van der Waals surface area contributed by atoms with Crippen LogP contribution in [0.2, 0.25) is 0 Å². The second kappa shape index (κ2) is 6.59. The van der Waals surface area contributed by atoms with E-state index < -0.39 is 0 Å². The minimum absolute atomic E-state index is 0.130. The molecule has 0 saturated heterocycles. The highest BCUT2D eigenvalue weighted by atomic mass is 32.2. The number of anilines is 1. The Morgan fingerprint density at radius 1 is 1.22 bits per heavy atom. The highest BCUT2D eigenvalue weighted by Gasteiger charge is 2.16. The van der Waals surface area contributed by atoms with Crippen LogP contribution in [-0.2, 0) is 17.8 Å². The topological polar surface area (TPSA) is 73.0 Å². The van der Waals surface area contributed by atoms with Gasteiger partial charge in [0.2, 0.25) is 5.91 Å². The number of thioether (sulfide) groups is 1. The van der Waals surface area contributed by atoms with Crippen molar-refractivity contribution in [2.24, 2.45) is 0 Å². The predicted molar refractivity (Wildman–Crippen MR) is 105 cm³/mol. The maximum Gasteiger partial charge on any atom is 0.230 e. The van der Waals surface area contributed by atoms with Crippen molar-refractivity contribution in [2.75, 3.05) is 11.1 Å². The van der Waals surface area contributed by atoms with E-state index in [4.69, 9.17) is 4.52 Å². The molecule has 0 fully saturated rings. The largest absolute Gasteiger partial charge is 0.356 e. The normalized spacial score (nSPS) is 13.0. The van der Waals surface area contributed by atoms with Gasteiger partial charge in [-0.25, -0.2) is 4.98 Å². The van der Waals surface area contributed by atoms with E-state index in [9.17, 15) is 4.79 Å². The Bertz CT molecular complexity index is 1130. The van der Waals surface area contributed by atoms with Crippen molar-refractivity contribution in [1.29, 1.82) is 0 Å². The first-order valence-corrected chi connectivity index (χ1v) is 9.68. The van der Waals surface area contributed by atoms with Gasteiger partial charge in [-0.05, 0) is 24.3 Å². The lowest BCUT2D eigenvalue weighted by atomic mass is 10.1. The molecule has 1 aliphatic rings. The van der Waals surface area contributed by atoms with Gasteiger partial charge in [-0.1, -0.05) is 41.2 Å². The molecule has 0 bridgehead atoms. The first kappa shape index (κ1) is 16.1. The van der Waals surface area contributed by atoms with Crippen LogP contribution in [0.1, 0.15) is 5.69 Å². The number of hydrogen-bond donors (Lipinski definition) is 1. The van der Waals surface area contributed by atoms with Crippen molar-refractivity contribution in [3.63, 3.8) is 0 Å². The molecule has 1 N–H and O–H groups in total. The molecule has 6 nitrogen and oxygen atoms in total.